The Morgan fingerprint density at radius 3 is 2.27 bits per heavy atom. The van der Waals surface area contributed by atoms with Crippen LogP contribution in [0.5, 0.6) is 0 Å². The molecule has 1 heterocycles. The molecular formula is C17H9F5N2O2. The fourth-order valence-electron chi connectivity index (χ4n) is 2.12. The van der Waals surface area contributed by atoms with Gasteiger partial charge < -0.3 is 9.84 Å². The Labute approximate surface area is 143 Å². The van der Waals surface area contributed by atoms with Crippen LogP contribution in [0.2, 0.25) is 0 Å². The number of benzene rings is 2. The van der Waals surface area contributed by atoms with Crippen LogP contribution in [0, 0.1) is 11.6 Å². The Morgan fingerprint density at radius 1 is 1.00 bits per heavy atom. The minimum Gasteiger partial charge on any atom is -0.351 e. The van der Waals surface area contributed by atoms with Gasteiger partial charge in [0, 0.05) is 23.3 Å². The monoisotopic (exact) mass is 368 g/mol. The van der Waals surface area contributed by atoms with Gasteiger partial charge in [-0.3, -0.25) is 4.79 Å². The van der Waals surface area contributed by atoms with Crippen LogP contribution in [0.4, 0.5) is 27.6 Å². The van der Waals surface area contributed by atoms with Gasteiger partial charge in [0.1, 0.15) is 17.3 Å². The van der Waals surface area contributed by atoms with Crippen LogP contribution >= 0.6 is 0 Å². The molecule has 0 saturated heterocycles. The number of aromatic nitrogens is 1. The summed E-state index contributed by atoms with van der Waals surface area (Å²) in [6.07, 6.45) is -4.65. The second-order valence-corrected chi connectivity index (χ2v) is 5.23. The van der Waals surface area contributed by atoms with Crippen molar-refractivity contribution >= 4 is 11.6 Å². The quantitative estimate of drug-likeness (QED) is 0.670. The average Bonchev–Trinajstić information content (AvgIpc) is 3.08. The van der Waals surface area contributed by atoms with Gasteiger partial charge >= 0.3 is 6.18 Å². The lowest BCUT2D eigenvalue weighted by Crippen LogP contribution is -2.13. The van der Waals surface area contributed by atoms with Gasteiger partial charge in [-0.25, -0.2) is 8.78 Å². The molecule has 0 fully saturated rings. The molecule has 0 atom stereocenters. The first kappa shape index (κ1) is 17.6. The van der Waals surface area contributed by atoms with Crippen molar-refractivity contribution in [3.8, 4) is 11.3 Å². The Morgan fingerprint density at radius 2 is 1.69 bits per heavy atom. The Balaban J connectivity index is 1.76. The third kappa shape index (κ3) is 3.71. The van der Waals surface area contributed by atoms with Crippen molar-refractivity contribution in [3.63, 3.8) is 0 Å². The first-order valence-electron chi connectivity index (χ1n) is 7.15. The predicted molar refractivity (Wildman–Crippen MR) is 81.3 cm³/mol. The smallest absolute Gasteiger partial charge is 0.351 e. The highest BCUT2D eigenvalue weighted by atomic mass is 19.4. The fraction of sp³-hybridized carbons (Fsp3) is 0.0588. The molecule has 0 saturated carbocycles. The van der Waals surface area contributed by atoms with E-state index in [0.29, 0.717) is 11.6 Å². The van der Waals surface area contributed by atoms with E-state index in [1.807, 2.05) is 0 Å². The van der Waals surface area contributed by atoms with Gasteiger partial charge in [-0.15, -0.1) is 0 Å². The zero-order valence-electron chi connectivity index (χ0n) is 12.8. The lowest BCUT2D eigenvalue weighted by molar-refractivity contribution is -0.155. The van der Waals surface area contributed by atoms with Crippen LogP contribution in [-0.4, -0.2) is 11.1 Å². The number of hydrogen-bond acceptors (Lipinski definition) is 3. The molecule has 9 heteroatoms. The molecular weight excluding hydrogens is 359 g/mol. The molecule has 0 aliphatic carbocycles. The normalized spacial score (nSPS) is 11.4. The fourth-order valence-corrected chi connectivity index (χ4v) is 2.12. The molecule has 0 radical (unpaired) electrons. The van der Waals surface area contributed by atoms with E-state index in [1.54, 1.807) is 0 Å². The summed E-state index contributed by atoms with van der Waals surface area (Å²) in [5, 5.41) is 5.61. The van der Waals surface area contributed by atoms with Crippen LogP contribution in [0.15, 0.2) is 53.1 Å². The number of hydrogen-bond donors (Lipinski definition) is 1. The summed E-state index contributed by atoms with van der Waals surface area (Å²) in [6.45, 7) is 0. The number of rotatable bonds is 3. The van der Waals surface area contributed by atoms with Crippen LogP contribution < -0.4 is 5.32 Å². The van der Waals surface area contributed by atoms with E-state index < -0.39 is 29.5 Å². The second-order valence-electron chi connectivity index (χ2n) is 5.23. The molecule has 3 rings (SSSR count). The van der Waals surface area contributed by atoms with Gasteiger partial charge in [-0.1, -0.05) is 17.3 Å². The van der Waals surface area contributed by atoms with Crippen molar-refractivity contribution in [2.24, 2.45) is 0 Å². The Bertz CT molecular complexity index is 949. The van der Waals surface area contributed by atoms with Crippen LogP contribution in [0.25, 0.3) is 11.3 Å². The molecule has 3 aromatic rings. The van der Waals surface area contributed by atoms with Crippen LogP contribution in [0.1, 0.15) is 16.1 Å². The van der Waals surface area contributed by atoms with E-state index in [9.17, 15) is 26.7 Å². The van der Waals surface area contributed by atoms with Gasteiger partial charge in [0.25, 0.3) is 5.91 Å². The highest BCUT2D eigenvalue weighted by molar-refractivity contribution is 6.04. The van der Waals surface area contributed by atoms with Crippen molar-refractivity contribution in [2.45, 2.75) is 6.18 Å². The predicted octanol–water partition coefficient (Wildman–Crippen LogP) is 4.89. The molecule has 0 aliphatic heterocycles. The second kappa shape index (κ2) is 6.58. The maximum Gasteiger partial charge on any atom is 0.452 e. The Kier molecular flexibility index (Phi) is 4.45. The molecule has 0 bridgehead atoms. The average molecular weight is 368 g/mol. The van der Waals surface area contributed by atoms with Crippen molar-refractivity contribution in [2.75, 3.05) is 5.32 Å². The van der Waals surface area contributed by atoms with Gasteiger partial charge in [0.15, 0.2) is 0 Å². The number of halogens is 5. The largest absolute Gasteiger partial charge is 0.452 e. The Hall–Kier alpha value is -3.23. The van der Waals surface area contributed by atoms with Crippen molar-refractivity contribution in [3.05, 3.63) is 71.5 Å². The maximum absolute atomic E-state index is 13.5. The molecule has 0 unspecified atom stereocenters. The molecule has 1 amide bonds. The first-order valence-corrected chi connectivity index (χ1v) is 7.15. The maximum atomic E-state index is 13.5. The van der Waals surface area contributed by atoms with E-state index in [-0.39, 0.29) is 16.9 Å². The standard InChI is InChI=1S/C17H9F5N2O2/c18-11-5-6-13(12(19)7-11)23-16(25)10-3-1-9(2-4-10)14-8-15(26-24-14)17(20,21)22/h1-8H,(H,23,25). The highest BCUT2D eigenvalue weighted by Gasteiger charge is 2.36. The van der Waals surface area contributed by atoms with E-state index in [1.165, 1.54) is 24.3 Å². The third-order valence-corrected chi connectivity index (χ3v) is 3.41. The minimum absolute atomic E-state index is 0.0473. The molecule has 134 valence electrons. The summed E-state index contributed by atoms with van der Waals surface area (Å²) >= 11 is 0. The highest BCUT2D eigenvalue weighted by Crippen LogP contribution is 2.32. The molecule has 26 heavy (non-hydrogen) atoms. The summed E-state index contributed by atoms with van der Waals surface area (Å²) in [6, 6.07) is 8.82. The van der Waals surface area contributed by atoms with Gasteiger partial charge in [0.05, 0.1) is 5.69 Å². The molecule has 2 aromatic carbocycles. The van der Waals surface area contributed by atoms with E-state index in [0.717, 1.165) is 18.2 Å². The molecule has 0 aliphatic rings. The minimum atomic E-state index is -4.65. The SMILES string of the molecule is O=C(Nc1ccc(F)cc1F)c1ccc(-c2cc(C(F)(F)F)on2)cc1. The van der Waals surface area contributed by atoms with Crippen LogP contribution in [0.3, 0.4) is 0 Å². The third-order valence-electron chi connectivity index (χ3n) is 3.41. The van der Waals surface area contributed by atoms with Gasteiger partial charge in [0.2, 0.25) is 5.76 Å². The summed E-state index contributed by atoms with van der Waals surface area (Å²) in [7, 11) is 0. The van der Waals surface area contributed by atoms with Crippen molar-refractivity contribution < 1.29 is 31.3 Å². The molecule has 4 nitrogen and oxygen atoms in total. The number of alkyl halides is 3. The number of nitrogens with zero attached hydrogens (tertiary/aromatic N) is 1. The summed E-state index contributed by atoms with van der Waals surface area (Å²) in [5.74, 6) is -3.62. The topological polar surface area (TPSA) is 55.1 Å². The zero-order chi connectivity index (χ0) is 18.9. The number of carbonyl (C=O) groups is 1. The van der Waals surface area contributed by atoms with Gasteiger partial charge in [-0.05, 0) is 24.3 Å². The van der Waals surface area contributed by atoms with Crippen molar-refractivity contribution in [1.82, 2.24) is 5.16 Å². The van der Waals surface area contributed by atoms with E-state index >= 15 is 0 Å². The van der Waals surface area contributed by atoms with Gasteiger partial charge in [-0.2, -0.15) is 13.2 Å². The summed E-state index contributed by atoms with van der Waals surface area (Å²) in [4.78, 5) is 12.1. The van der Waals surface area contributed by atoms with Crippen molar-refractivity contribution in [1.29, 1.82) is 0 Å². The first-order chi connectivity index (χ1) is 12.2. The lowest BCUT2D eigenvalue weighted by atomic mass is 10.1. The number of anilines is 1. The zero-order valence-corrected chi connectivity index (χ0v) is 12.8. The number of carbonyl (C=O) groups excluding carboxylic acids is 1. The number of amides is 1. The van der Waals surface area contributed by atoms with Crippen LogP contribution in [-0.2, 0) is 6.18 Å². The lowest BCUT2D eigenvalue weighted by Gasteiger charge is -2.07. The molecule has 1 N–H and O–H groups in total. The number of nitrogens with one attached hydrogen (secondary N) is 1. The summed E-state index contributed by atoms with van der Waals surface area (Å²) in [5.41, 5.74) is 0.173. The van der Waals surface area contributed by atoms with E-state index in [4.69, 9.17) is 0 Å². The summed E-state index contributed by atoms with van der Waals surface area (Å²) < 4.78 is 68.2. The molecule has 0 spiro atoms. The van der Waals surface area contributed by atoms with E-state index in [2.05, 4.69) is 15.0 Å². The molecule has 1 aromatic heterocycles.